The molecule has 17 heavy (non-hydrogen) atoms. The monoisotopic (exact) mass is 234 g/mol. The molecule has 8 bridgehead atoms. The van der Waals surface area contributed by atoms with E-state index < -0.39 is 0 Å². The fraction of sp³-hybridized carbons (Fsp3) is 0.929. The van der Waals surface area contributed by atoms with Crippen molar-refractivity contribution in [2.45, 2.75) is 56.5 Å². The van der Waals surface area contributed by atoms with Crippen molar-refractivity contribution in [2.75, 3.05) is 0 Å². The molecule has 92 valence electrons. The standard InChI is InChI=1S/C14H18O3/c1-11-6-5-7-13(3,16-11)10-8(15)9(11)12(6,2)17-14(7,10)4/h6-7,9-10H,5H2,1-4H3. The van der Waals surface area contributed by atoms with Crippen molar-refractivity contribution in [1.82, 2.24) is 0 Å². The highest BCUT2D eigenvalue weighted by Gasteiger charge is 2.92. The summed E-state index contributed by atoms with van der Waals surface area (Å²) < 4.78 is 12.8. The molecule has 0 aromatic carbocycles. The van der Waals surface area contributed by atoms with Crippen LogP contribution in [0.3, 0.4) is 0 Å². The predicted molar refractivity (Wildman–Crippen MR) is 59.4 cm³/mol. The molecular formula is C14H18O3. The molecule has 3 nitrogen and oxygen atoms in total. The van der Waals surface area contributed by atoms with E-state index in [2.05, 4.69) is 27.7 Å². The Hall–Kier alpha value is -0.410. The van der Waals surface area contributed by atoms with Gasteiger partial charge in [-0.15, -0.1) is 0 Å². The third-order valence-electron chi connectivity index (χ3n) is 6.98. The van der Waals surface area contributed by atoms with Crippen molar-refractivity contribution in [3.8, 4) is 0 Å². The number of ether oxygens (including phenoxy) is 2. The second kappa shape index (κ2) is 1.92. The number of carbonyl (C=O) groups is 1. The van der Waals surface area contributed by atoms with Crippen LogP contribution in [-0.2, 0) is 14.3 Å². The maximum atomic E-state index is 12.7. The predicted octanol–water partition coefficient (Wildman–Crippen LogP) is 1.55. The molecule has 4 saturated heterocycles. The zero-order chi connectivity index (χ0) is 12.0. The first-order valence-electron chi connectivity index (χ1n) is 6.72. The molecule has 4 unspecified atom stereocenters. The zero-order valence-electron chi connectivity index (χ0n) is 10.7. The second-order valence-electron chi connectivity index (χ2n) is 7.55. The molecule has 4 heterocycles. The van der Waals surface area contributed by atoms with E-state index in [1.165, 1.54) is 6.42 Å². The minimum Gasteiger partial charge on any atom is -0.367 e. The topological polar surface area (TPSA) is 35.5 Å². The fourth-order valence-electron chi connectivity index (χ4n) is 6.82. The molecule has 0 aromatic rings. The maximum absolute atomic E-state index is 12.7. The highest BCUT2D eigenvalue weighted by atomic mass is 16.6. The zero-order valence-corrected chi connectivity index (χ0v) is 10.7. The molecule has 6 rings (SSSR count). The van der Waals surface area contributed by atoms with Gasteiger partial charge in [0.25, 0.3) is 0 Å². The molecule has 0 N–H and O–H groups in total. The molecule has 0 amide bonds. The molecule has 2 aliphatic carbocycles. The number of ketones is 1. The summed E-state index contributed by atoms with van der Waals surface area (Å²) in [4.78, 5) is 12.7. The van der Waals surface area contributed by atoms with Gasteiger partial charge >= 0.3 is 0 Å². The molecular weight excluding hydrogens is 216 g/mol. The molecule has 0 aromatic heterocycles. The van der Waals surface area contributed by atoms with Gasteiger partial charge in [0.05, 0.1) is 34.2 Å². The van der Waals surface area contributed by atoms with Crippen molar-refractivity contribution < 1.29 is 14.3 Å². The van der Waals surface area contributed by atoms with Gasteiger partial charge in [0.1, 0.15) is 0 Å². The Bertz CT molecular complexity index is 428. The number of hydrogen-bond acceptors (Lipinski definition) is 3. The first-order valence-corrected chi connectivity index (χ1v) is 6.72. The Balaban J connectivity index is 1.82. The summed E-state index contributed by atoms with van der Waals surface area (Å²) in [6.07, 6.45) is 1.18. The van der Waals surface area contributed by atoms with Gasteiger partial charge in [-0.3, -0.25) is 4.79 Å². The van der Waals surface area contributed by atoms with Crippen LogP contribution in [0, 0.1) is 23.7 Å². The van der Waals surface area contributed by atoms with Crippen LogP contribution < -0.4 is 0 Å². The van der Waals surface area contributed by atoms with Crippen LogP contribution in [0.25, 0.3) is 0 Å². The number of Topliss-reactive ketones (excluding diaryl/α,β-unsaturated/α-hetero) is 1. The van der Waals surface area contributed by atoms with E-state index in [-0.39, 0.29) is 34.2 Å². The van der Waals surface area contributed by atoms with Crippen molar-refractivity contribution in [1.29, 1.82) is 0 Å². The van der Waals surface area contributed by atoms with Gasteiger partial charge in [-0.2, -0.15) is 0 Å². The Morgan fingerprint density at radius 2 is 1.24 bits per heavy atom. The van der Waals surface area contributed by atoms with E-state index in [1.807, 2.05) is 0 Å². The van der Waals surface area contributed by atoms with Crippen LogP contribution in [0.1, 0.15) is 34.1 Å². The Labute approximate surface area is 101 Å². The molecule has 3 heteroatoms. The van der Waals surface area contributed by atoms with Gasteiger partial charge in [-0.1, -0.05) is 0 Å². The van der Waals surface area contributed by atoms with Gasteiger partial charge in [0.15, 0.2) is 5.78 Å². The van der Waals surface area contributed by atoms with Gasteiger partial charge in [-0.25, -0.2) is 0 Å². The summed E-state index contributed by atoms with van der Waals surface area (Å²) in [5.41, 5.74) is -0.963. The second-order valence-corrected chi connectivity index (χ2v) is 7.55. The van der Waals surface area contributed by atoms with Crippen LogP contribution in [0.4, 0.5) is 0 Å². The largest absolute Gasteiger partial charge is 0.367 e. The summed E-state index contributed by atoms with van der Waals surface area (Å²) in [5, 5.41) is 0. The quantitative estimate of drug-likeness (QED) is 0.638. The SMILES string of the molecule is CC12OC3(C)C4CC1C1(C)OC4(C)C3C(=O)C21. The molecule has 2 saturated carbocycles. The van der Waals surface area contributed by atoms with E-state index in [4.69, 9.17) is 9.47 Å². The molecule has 4 aliphatic heterocycles. The molecule has 6 aliphatic rings. The molecule has 6 fully saturated rings. The van der Waals surface area contributed by atoms with Crippen LogP contribution >= 0.6 is 0 Å². The minimum absolute atomic E-state index is 0.0209. The lowest BCUT2D eigenvalue weighted by Crippen LogP contribution is -2.98. The lowest BCUT2D eigenvalue weighted by atomic mass is 9.30. The van der Waals surface area contributed by atoms with Gasteiger partial charge in [-0.05, 0) is 34.1 Å². The first kappa shape index (κ1) is 9.51. The highest BCUT2D eigenvalue weighted by Crippen LogP contribution is 2.81. The Morgan fingerprint density at radius 1 is 0.882 bits per heavy atom. The lowest BCUT2D eigenvalue weighted by molar-refractivity contribution is -0.515. The first-order chi connectivity index (χ1) is 7.78. The van der Waals surface area contributed by atoms with E-state index in [0.717, 1.165) is 0 Å². The summed E-state index contributed by atoms with van der Waals surface area (Å²) in [6.45, 7) is 8.52. The van der Waals surface area contributed by atoms with Crippen molar-refractivity contribution in [3.05, 3.63) is 0 Å². The smallest absolute Gasteiger partial charge is 0.150 e. The van der Waals surface area contributed by atoms with Crippen LogP contribution in [0.5, 0.6) is 0 Å². The average Bonchev–Trinajstić information content (AvgIpc) is 2.11. The van der Waals surface area contributed by atoms with Gasteiger partial charge in [0.2, 0.25) is 0 Å². The Morgan fingerprint density at radius 3 is 1.59 bits per heavy atom. The third kappa shape index (κ3) is 0.562. The normalized spacial score (nSPS) is 77.8. The number of carbonyl (C=O) groups excluding carboxylic acids is 1. The average molecular weight is 234 g/mol. The third-order valence-corrected chi connectivity index (χ3v) is 6.98. The van der Waals surface area contributed by atoms with E-state index in [0.29, 0.717) is 17.6 Å². The van der Waals surface area contributed by atoms with Crippen LogP contribution in [0.15, 0.2) is 0 Å². The van der Waals surface area contributed by atoms with Gasteiger partial charge < -0.3 is 9.47 Å². The van der Waals surface area contributed by atoms with Crippen molar-refractivity contribution in [3.63, 3.8) is 0 Å². The van der Waals surface area contributed by atoms with Crippen LogP contribution in [0.2, 0.25) is 0 Å². The summed E-state index contributed by atoms with van der Waals surface area (Å²) in [7, 11) is 0. The fourth-order valence-corrected chi connectivity index (χ4v) is 6.82. The molecule has 0 spiro atoms. The van der Waals surface area contributed by atoms with Crippen molar-refractivity contribution in [2.24, 2.45) is 23.7 Å². The Kier molecular flexibility index (Phi) is 1.07. The molecule has 4 atom stereocenters. The minimum atomic E-state index is -0.241. The summed E-state index contributed by atoms with van der Waals surface area (Å²) in [6, 6.07) is 0. The van der Waals surface area contributed by atoms with Gasteiger partial charge in [0, 0.05) is 11.8 Å². The van der Waals surface area contributed by atoms with Crippen LogP contribution in [-0.4, -0.2) is 28.2 Å². The molecule has 0 radical (unpaired) electrons. The maximum Gasteiger partial charge on any atom is 0.150 e. The number of rotatable bonds is 0. The number of hydrogen-bond donors (Lipinski definition) is 0. The lowest BCUT2D eigenvalue weighted by Gasteiger charge is -2.87. The summed E-state index contributed by atoms with van der Waals surface area (Å²) >= 11 is 0. The van der Waals surface area contributed by atoms with E-state index >= 15 is 0 Å². The van der Waals surface area contributed by atoms with E-state index in [9.17, 15) is 4.79 Å². The van der Waals surface area contributed by atoms with Crippen molar-refractivity contribution >= 4 is 5.78 Å². The highest BCUT2D eigenvalue weighted by molar-refractivity contribution is 5.93. The van der Waals surface area contributed by atoms with E-state index in [1.54, 1.807) is 0 Å². The summed E-state index contributed by atoms with van der Waals surface area (Å²) in [5.74, 6) is 1.21.